The van der Waals surface area contributed by atoms with Gasteiger partial charge >= 0.3 is 5.97 Å². The molecule has 0 aliphatic carbocycles. The minimum atomic E-state index is -1.05. The molecule has 1 N–H and O–H groups in total. The fourth-order valence-electron chi connectivity index (χ4n) is 1.56. The number of hydrogen-bond acceptors (Lipinski definition) is 3. The number of thiophene rings is 1. The van der Waals surface area contributed by atoms with Crippen LogP contribution in [-0.4, -0.2) is 11.1 Å². The molecule has 0 bridgehead atoms. The molecule has 2 aromatic rings. The first-order valence-corrected chi connectivity index (χ1v) is 7.25. The largest absolute Gasteiger partial charge is 0.486 e. The summed E-state index contributed by atoms with van der Waals surface area (Å²) in [5, 5.41) is 11.4. The summed E-state index contributed by atoms with van der Waals surface area (Å²) in [6, 6.07) is 7.04. The van der Waals surface area contributed by atoms with Crippen molar-refractivity contribution >= 4 is 46.6 Å². The van der Waals surface area contributed by atoms with Crippen LogP contribution < -0.4 is 4.74 Å². The molecule has 1 aromatic carbocycles. The first-order valence-electron chi connectivity index (χ1n) is 5.61. The second-order valence-corrected chi connectivity index (χ2v) is 5.72. The molecule has 3 nitrogen and oxygen atoms in total. The van der Waals surface area contributed by atoms with Gasteiger partial charge in [0.2, 0.25) is 0 Å². The summed E-state index contributed by atoms with van der Waals surface area (Å²) < 4.78 is 5.68. The van der Waals surface area contributed by atoms with Gasteiger partial charge < -0.3 is 9.84 Å². The maximum atomic E-state index is 10.6. The van der Waals surface area contributed by atoms with E-state index in [1.165, 1.54) is 6.08 Å². The van der Waals surface area contributed by atoms with Gasteiger partial charge in [-0.1, -0.05) is 29.3 Å². The van der Waals surface area contributed by atoms with Crippen LogP contribution in [0, 0.1) is 0 Å². The summed E-state index contributed by atoms with van der Waals surface area (Å²) in [6.45, 7) is 0.368. The van der Waals surface area contributed by atoms with E-state index in [4.69, 9.17) is 33.0 Å². The lowest BCUT2D eigenvalue weighted by Gasteiger charge is -2.11. The van der Waals surface area contributed by atoms with Gasteiger partial charge in [-0.3, -0.25) is 0 Å². The molecule has 6 heteroatoms. The molecule has 0 aliphatic heterocycles. The van der Waals surface area contributed by atoms with E-state index < -0.39 is 5.97 Å². The molecule has 2 rings (SSSR count). The van der Waals surface area contributed by atoms with Crippen molar-refractivity contribution in [3.63, 3.8) is 0 Å². The molecule has 1 heterocycles. The number of rotatable bonds is 5. The lowest BCUT2D eigenvalue weighted by molar-refractivity contribution is -0.131. The van der Waals surface area contributed by atoms with Crippen LogP contribution in [0.15, 0.2) is 35.7 Å². The van der Waals surface area contributed by atoms with Crippen molar-refractivity contribution in [1.82, 2.24) is 0 Å². The van der Waals surface area contributed by atoms with Gasteiger partial charge in [-0.2, -0.15) is 0 Å². The number of ether oxygens (including phenoxy) is 1. The van der Waals surface area contributed by atoms with Gasteiger partial charge in [-0.15, -0.1) is 11.3 Å². The molecule has 0 fully saturated rings. The van der Waals surface area contributed by atoms with E-state index in [0.717, 1.165) is 11.0 Å². The standard InChI is InChI=1S/C14H10Cl2O3S/c15-10-6-9(3-4-13(17)18)14(12(16)7-10)19-8-11-2-1-5-20-11/h1-7H,8H2,(H,17,18)/b4-3+. The van der Waals surface area contributed by atoms with Crippen molar-refractivity contribution in [2.45, 2.75) is 6.61 Å². The van der Waals surface area contributed by atoms with Crippen LogP contribution in [0.5, 0.6) is 5.75 Å². The third-order valence-electron chi connectivity index (χ3n) is 2.38. The second-order valence-electron chi connectivity index (χ2n) is 3.85. The Morgan fingerprint density at radius 2 is 2.20 bits per heavy atom. The van der Waals surface area contributed by atoms with Crippen molar-refractivity contribution in [2.24, 2.45) is 0 Å². The minimum Gasteiger partial charge on any atom is -0.486 e. The van der Waals surface area contributed by atoms with E-state index in [-0.39, 0.29) is 0 Å². The fraction of sp³-hybridized carbons (Fsp3) is 0.0714. The van der Waals surface area contributed by atoms with Crippen LogP contribution in [0.4, 0.5) is 0 Å². The molecular formula is C14H10Cl2O3S. The van der Waals surface area contributed by atoms with E-state index in [9.17, 15) is 4.79 Å². The number of halogens is 2. The highest BCUT2D eigenvalue weighted by molar-refractivity contribution is 7.09. The van der Waals surface area contributed by atoms with Crippen LogP contribution >= 0.6 is 34.5 Å². The summed E-state index contributed by atoms with van der Waals surface area (Å²) in [5.74, 6) is -0.632. The Morgan fingerprint density at radius 3 is 2.85 bits per heavy atom. The number of benzene rings is 1. The Balaban J connectivity index is 2.27. The summed E-state index contributed by atoms with van der Waals surface area (Å²) in [6.07, 6.45) is 2.42. The van der Waals surface area contributed by atoms with Crippen molar-refractivity contribution < 1.29 is 14.6 Å². The molecule has 1 aromatic heterocycles. The van der Waals surface area contributed by atoms with Gasteiger partial charge in [0.05, 0.1) is 5.02 Å². The molecular weight excluding hydrogens is 319 g/mol. The first kappa shape index (κ1) is 14.9. The second kappa shape index (κ2) is 6.79. The molecule has 0 radical (unpaired) electrons. The van der Waals surface area contributed by atoms with Crippen molar-refractivity contribution in [1.29, 1.82) is 0 Å². The van der Waals surface area contributed by atoms with E-state index in [2.05, 4.69) is 0 Å². The fourth-order valence-corrected chi connectivity index (χ4v) is 2.74. The van der Waals surface area contributed by atoms with Crippen molar-refractivity contribution in [3.05, 3.63) is 56.2 Å². The third-order valence-corrected chi connectivity index (χ3v) is 3.73. The zero-order chi connectivity index (χ0) is 14.5. The van der Waals surface area contributed by atoms with E-state index >= 15 is 0 Å². The van der Waals surface area contributed by atoms with Crippen molar-refractivity contribution in [2.75, 3.05) is 0 Å². The molecule has 0 amide bonds. The minimum absolute atomic E-state index is 0.346. The number of aliphatic carboxylic acids is 1. The molecule has 0 atom stereocenters. The summed E-state index contributed by atoms with van der Waals surface area (Å²) >= 11 is 13.6. The lowest BCUT2D eigenvalue weighted by atomic mass is 10.2. The Labute approximate surface area is 130 Å². The van der Waals surface area contributed by atoms with Crippen molar-refractivity contribution in [3.8, 4) is 5.75 Å². The van der Waals surface area contributed by atoms with Gasteiger partial charge in [0.25, 0.3) is 0 Å². The molecule has 0 spiro atoms. The maximum absolute atomic E-state index is 10.6. The summed E-state index contributed by atoms with van der Waals surface area (Å²) in [5.41, 5.74) is 0.529. The number of carboxylic acids is 1. The molecule has 0 saturated heterocycles. The third kappa shape index (κ3) is 4.00. The molecule has 104 valence electrons. The molecule has 20 heavy (non-hydrogen) atoms. The quantitative estimate of drug-likeness (QED) is 0.807. The number of carboxylic acid groups (broad SMARTS) is 1. The van der Waals surface area contributed by atoms with Gasteiger partial charge in [0.1, 0.15) is 12.4 Å². The van der Waals surface area contributed by atoms with Gasteiger partial charge in [-0.05, 0) is 29.7 Å². The average molecular weight is 329 g/mol. The Hall–Kier alpha value is -1.49. The lowest BCUT2D eigenvalue weighted by Crippen LogP contribution is -1.96. The number of carbonyl (C=O) groups is 1. The Kier molecular flexibility index (Phi) is 5.06. The Morgan fingerprint density at radius 1 is 1.40 bits per heavy atom. The van der Waals surface area contributed by atoms with E-state index in [1.54, 1.807) is 23.5 Å². The van der Waals surface area contributed by atoms with Crippen LogP contribution in [0.3, 0.4) is 0 Å². The average Bonchev–Trinajstić information content (AvgIpc) is 2.88. The topological polar surface area (TPSA) is 46.5 Å². The molecule has 0 saturated carbocycles. The molecule has 0 aliphatic rings. The SMILES string of the molecule is O=C(O)/C=C/c1cc(Cl)cc(Cl)c1OCc1cccs1. The maximum Gasteiger partial charge on any atom is 0.328 e. The highest BCUT2D eigenvalue weighted by Crippen LogP contribution is 2.34. The molecule has 0 unspecified atom stereocenters. The Bertz CT molecular complexity index is 636. The van der Waals surface area contributed by atoms with Crippen LogP contribution in [-0.2, 0) is 11.4 Å². The zero-order valence-electron chi connectivity index (χ0n) is 10.2. The van der Waals surface area contributed by atoms with Crippen LogP contribution in [0.2, 0.25) is 10.0 Å². The first-order chi connectivity index (χ1) is 9.56. The monoisotopic (exact) mass is 328 g/mol. The zero-order valence-corrected chi connectivity index (χ0v) is 12.5. The van der Waals surface area contributed by atoms with Crippen LogP contribution in [0.1, 0.15) is 10.4 Å². The van der Waals surface area contributed by atoms with Gasteiger partial charge in [0, 0.05) is 21.5 Å². The number of hydrogen-bond donors (Lipinski definition) is 1. The summed E-state index contributed by atoms with van der Waals surface area (Å²) in [7, 11) is 0. The van der Waals surface area contributed by atoms with E-state index in [0.29, 0.717) is 28.0 Å². The van der Waals surface area contributed by atoms with Crippen LogP contribution in [0.25, 0.3) is 6.08 Å². The highest BCUT2D eigenvalue weighted by Gasteiger charge is 2.10. The predicted molar refractivity (Wildman–Crippen MR) is 81.8 cm³/mol. The van der Waals surface area contributed by atoms with E-state index in [1.807, 2.05) is 17.5 Å². The van der Waals surface area contributed by atoms with Gasteiger partial charge in [0.15, 0.2) is 0 Å². The normalized spacial score (nSPS) is 10.9. The smallest absolute Gasteiger partial charge is 0.328 e. The van der Waals surface area contributed by atoms with Gasteiger partial charge in [-0.25, -0.2) is 4.79 Å². The summed E-state index contributed by atoms with van der Waals surface area (Å²) in [4.78, 5) is 11.7. The highest BCUT2D eigenvalue weighted by atomic mass is 35.5. The predicted octanol–water partition coefficient (Wildman–Crippen LogP) is 4.73.